The Morgan fingerprint density at radius 3 is 2.93 bits per heavy atom. The number of aromatic carboxylic acids is 1. The van der Waals surface area contributed by atoms with Gasteiger partial charge in [-0.3, -0.25) is 0 Å². The number of aromatic nitrogens is 3. The van der Waals surface area contributed by atoms with Crippen LogP contribution in [-0.2, 0) is 6.54 Å². The molecule has 1 aromatic heterocycles. The molecule has 78 valence electrons. The molecule has 2 rings (SSSR count). The molecule has 0 aliphatic rings. The summed E-state index contributed by atoms with van der Waals surface area (Å²) in [6.07, 6.45) is 0. The maximum Gasteiger partial charge on any atom is 0.335 e. The van der Waals surface area contributed by atoms with Gasteiger partial charge in [-0.25, -0.2) is 9.48 Å². The van der Waals surface area contributed by atoms with Crippen LogP contribution in [0.1, 0.15) is 17.3 Å². The minimum atomic E-state index is -1.01. The molecule has 6 nitrogen and oxygen atoms in total. The van der Waals surface area contributed by atoms with Crippen molar-refractivity contribution < 1.29 is 9.90 Å². The van der Waals surface area contributed by atoms with Crippen molar-refractivity contribution in [2.45, 2.75) is 13.5 Å². The molecule has 1 heterocycles. The van der Waals surface area contributed by atoms with Crippen LogP contribution in [0.2, 0.25) is 0 Å². The number of hydrogen-bond donors (Lipinski definition) is 2. The van der Waals surface area contributed by atoms with E-state index in [2.05, 4.69) is 10.3 Å². The molecule has 0 saturated heterocycles. The van der Waals surface area contributed by atoms with Crippen LogP contribution in [0.5, 0.6) is 0 Å². The number of benzene rings is 1. The number of fused-ring (bicyclic) bond motifs is 1. The van der Waals surface area contributed by atoms with E-state index in [1.54, 1.807) is 4.68 Å². The number of rotatable bonds is 2. The maximum absolute atomic E-state index is 10.8. The van der Waals surface area contributed by atoms with E-state index in [1.165, 1.54) is 12.1 Å². The van der Waals surface area contributed by atoms with Gasteiger partial charge in [0.1, 0.15) is 5.52 Å². The van der Waals surface area contributed by atoms with Crippen LogP contribution in [0.3, 0.4) is 0 Å². The van der Waals surface area contributed by atoms with Crippen molar-refractivity contribution in [3.05, 3.63) is 17.7 Å². The van der Waals surface area contributed by atoms with Gasteiger partial charge in [0.2, 0.25) is 0 Å². The van der Waals surface area contributed by atoms with Crippen LogP contribution in [0, 0.1) is 0 Å². The number of nitrogens with two attached hydrogens (primary N) is 1. The predicted octanol–water partition coefficient (Wildman–Crippen LogP) is 0.732. The zero-order valence-corrected chi connectivity index (χ0v) is 8.14. The van der Waals surface area contributed by atoms with Crippen LogP contribution in [-0.4, -0.2) is 26.1 Å². The van der Waals surface area contributed by atoms with Crippen molar-refractivity contribution in [3.8, 4) is 0 Å². The quantitative estimate of drug-likeness (QED) is 0.706. The first-order valence-electron chi connectivity index (χ1n) is 4.49. The van der Waals surface area contributed by atoms with E-state index in [1.807, 2.05) is 6.92 Å². The molecule has 0 amide bonds. The van der Waals surface area contributed by atoms with Crippen molar-refractivity contribution in [1.29, 1.82) is 0 Å². The maximum atomic E-state index is 10.8. The fourth-order valence-electron chi connectivity index (χ4n) is 1.45. The van der Waals surface area contributed by atoms with Gasteiger partial charge in [-0.05, 0) is 19.1 Å². The summed E-state index contributed by atoms with van der Waals surface area (Å²) < 4.78 is 1.61. The number of carbonyl (C=O) groups is 1. The highest BCUT2D eigenvalue weighted by Gasteiger charge is 2.11. The predicted molar refractivity (Wildman–Crippen MR) is 54.6 cm³/mol. The summed E-state index contributed by atoms with van der Waals surface area (Å²) in [5.74, 6) is -1.01. The standard InChI is InChI=1S/C9H10N4O2/c1-2-13-7-4-5(9(14)15)3-6(10)8(7)11-12-13/h3-4H,2,10H2,1H3,(H,14,15). The average Bonchev–Trinajstić information content (AvgIpc) is 2.60. The van der Waals surface area contributed by atoms with Crippen molar-refractivity contribution in [3.63, 3.8) is 0 Å². The summed E-state index contributed by atoms with van der Waals surface area (Å²) in [5.41, 5.74) is 7.36. The van der Waals surface area contributed by atoms with Gasteiger partial charge in [0.25, 0.3) is 0 Å². The van der Waals surface area contributed by atoms with E-state index < -0.39 is 5.97 Å². The van der Waals surface area contributed by atoms with E-state index in [0.717, 1.165) is 0 Å². The van der Waals surface area contributed by atoms with Gasteiger partial charge >= 0.3 is 5.97 Å². The topological polar surface area (TPSA) is 94.0 Å². The van der Waals surface area contributed by atoms with Crippen molar-refractivity contribution >= 4 is 22.7 Å². The normalized spacial score (nSPS) is 10.7. The Labute approximate surface area is 85.3 Å². The lowest BCUT2D eigenvalue weighted by atomic mass is 10.1. The largest absolute Gasteiger partial charge is 0.478 e. The summed E-state index contributed by atoms with van der Waals surface area (Å²) in [5, 5.41) is 16.6. The molecule has 0 aliphatic heterocycles. The first-order chi connectivity index (χ1) is 7.13. The van der Waals surface area contributed by atoms with E-state index in [4.69, 9.17) is 10.8 Å². The number of carboxylic acid groups (broad SMARTS) is 1. The van der Waals surface area contributed by atoms with Gasteiger partial charge in [-0.1, -0.05) is 5.21 Å². The molecule has 6 heteroatoms. The van der Waals surface area contributed by atoms with Crippen LogP contribution in [0.4, 0.5) is 5.69 Å². The summed E-state index contributed by atoms with van der Waals surface area (Å²) >= 11 is 0. The lowest BCUT2D eigenvalue weighted by molar-refractivity contribution is 0.0697. The Bertz CT molecular complexity index is 532. The highest BCUT2D eigenvalue weighted by atomic mass is 16.4. The molecule has 2 aromatic rings. The van der Waals surface area contributed by atoms with E-state index in [9.17, 15) is 4.79 Å². The molecule has 15 heavy (non-hydrogen) atoms. The highest BCUT2D eigenvalue weighted by molar-refractivity contribution is 5.97. The molecule has 0 unspecified atom stereocenters. The molecule has 0 bridgehead atoms. The second-order valence-corrected chi connectivity index (χ2v) is 3.14. The molecule has 1 aromatic carbocycles. The second-order valence-electron chi connectivity index (χ2n) is 3.14. The number of aryl methyl sites for hydroxylation is 1. The minimum Gasteiger partial charge on any atom is -0.478 e. The van der Waals surface area contributed by atoms with Crippen LogP contribution in [0.25, 0.3) is 11.0 Å². The van der Waals surface area contributed by atoms with Crippen LogP contribution >= 0.6 is 0 Å². The Kier molecular flexibility index (Phi) is 2.03. The smallest absolute Gasteiger partial charge is 0.335 e. The first-order valence-corrected chi connectivity index (χ1v) is 4.49. The summed E-state index contributed by atoms with van der Waals surface area (Å²) in [6, 6.07) is 2.91. The SMILES string of the molecule is CCn1nnc2c(N)cc(C(=O)O)cc21. The molecule has 0 fully saturated rings. The number of nitrogen functional groups attached to an aromatic ring is 1. The van der Waals surface area contributed by atoms with Crippen molar-refractivity contribution in [2.24, 2.45) is 0 Å². The lowest BCUT2D eigenvalue weighted by Crippen LogP contribution is -2.01. The van der Waals surface area contributed by atoms with Crippen molar-refractivity contribution in [2.75, 3.05) is 5.73 Å². The fourth-order valence-corrected chi connectivity index (χ4v) is 1.45. The Morgan fingerprint density at radius 1 is 1.60 bits per heavy atom. The number of carboxylic acids is 1. The van der Waals surface area contributed by atoms with Gasteiger partial charge in [0.15, 0.2) is 0 Å². The first kappa shape index (κ1) is 9.45. The Balaban J connectivity index is 2.77. The van der Waals surface area contributed by atoms with Crippen LogP contribution in [0.15, 0.2) is 12.1 Å². The third kappa shape index (κ3) is 1.39. The highest BCUT2D eigenvalue weighted by Crippen LogP contribution is 2.20. The number of nitrogens with zero attached hydrogens (tertiary/aromatic N) is 3. The molecular formula is C9H10N4O2. The molecule has 0 atom stereocenters. The fraction of sp³-hybridized carbons (Fsp3) is 0.222. The average molecular weight is 206 g/mol. The third-order valence-corrected chi connectivity index (χ3v) is 2.20. The van der Waals surface area contributed by atoms with Gasteiger partial charge < -0.3 is 10.8 Å². The Hall–Kier alpha value is -2.11. The zero-order chi connectivity index (χ0) is 11.0. The molecule has 0 saturated carbocycles. The lowest BCUT2D eigenvalue weighted by Gasteiger charge is -2.00. The second kappa shape index (κ2) is 3.23. The van der Waals surface area contributed by atoms with E-state index >= 15 is 0 Å². The van der Waals surface area contributed by atoms with Crippen molar-refractivity contribution in [1.82, 2.24) is 15.0 Å². The molecule has 3 N–H and O–H groups in total. The monoisotopic (exact) mass is 206 g/mol. The third-order valence-electron chi connectivity index (χ3n) is 2.20. The summed E-state index contributed by atoms with van der Waals surface area (Å²) in [7, 11) is 0. The van der Waals surface area contributed by atoms with E-state index in [0.29, 0.717) is 23.3 Å². The Morgan fingerprint density at radius 2 is 2.33 bits per heavy atom. The molecule has 0 aliphatic carbocycles. The van der Waals surface area contributed by atoms with Gasteiger partial charge in [-0.2, -0.15) is 0 Å². The number of hydrogen-bond acceptors (Lipinski definition) is 4. The molecule has 0 spiro atoms. The summed E-state index contributed by atoms with van der Waals surface area (Å²) in [6.45, 7) is 2.52. The molecular weight excluding hydrogens is 196 g/mol. The minimum absolute atomic E-state index is 0.150. The zero-order valence-electron chi connectivity index (χ0n) is 8.14. The van der Waals surface area contributed by atoms with Gasteiger partial charge in [0.05, 0.1) is 16.8 Å². The van der Waals surface area contributed by atoms with Gasteiger partial charge in [-0.15, -0.1) is 5.10 Å². The number of anilines is 1. The summed E-state index contributed by atoms with van der Waals surface area (Å²) in [4.78, 5) is 10.8. The van der Waals surface area contributed by atoms with Crippen LogP contribution < -0.4 is 5.73 Å². The van der Waals surface area contributed by atoms with Gasteiger partial charge in [0, 0.05) is 6.54 Å². The molecule has 0 radical (unpaired) electrons. The van der Waals surface area contributed by atoms with E-state index in [-0.39, 0.29) is 5.56 Å².